The minimum atomic E-state index is -0.0658. The topological polar surface area (TPSA) is 73.4 Å². The van der Waals surface area contributed by atoms with Crippen molar-refractivity contribution in [2.24, 2.45) is 13.0 Å². The fraction of sp³-hybridized carbons (Fsp3) is 0.667. The second kappa shape index (κ2) is 5.39. The fourth-order valence-corrected chi connectivity index (χ4v) is 2.36. The molecule has 6 heteroatoms. The van der Waals surface area contributed by atoms with Crippen LogP contribution in [0.15, 0.2) is 6.20 Å². The summed E-state index contributed by atoms with van der Waals surface area (Å²) in [5.74, 6) is 0.490. The van der Waals surface area contributed by atoms with Crippen LogP contribution in [0.1, 0.15) is 23.3 Å². The van der Waals surface area contributed by atoms with Crippen molar-refractivity contribution >= 4 is 11.6 Å². The first-order valence-electron chi connectivity index (χ1n) is 6.19. The van der Waals surface area contributed by atoms with Crippen molar-refractivity contribution in [3.63, 3.8) is 0 Å². The van der Waals surface area contributed by atoms with Gasteiger partial charge in [0.1, 0.15) is 0 Å². The van der Waals surface area contributed by atoms with E-state index >= 15 is 0 Å². The standard InChI is InChI=1S/C12H20N4O2/c1-15-7-10(13)11(14-15)12(17)16-5-3-9(4-6-16)8-18-2/h7,9H,3-6,8,13H2,1-2H3. The summed E-state index contributed by atoms with van der Waals surface area (Å²) in [6, 6.07) is 0. The van der Waals surface area contributed by atoms with Crippen LogP contribution in [0.3, 0.4) is 0 Å². The highest BCUT2D eigenvalue weighted by molar-refractivity contribution is 5.97. The van der Waals surface area contributed by atoms with Gasteiger partial charge in [0.25, 0.3) is 5.91 Å². The fourth-order valence-electron chi connectivity index (χ4n) is 2.36. The van der Waals surface area contributed by atoms with Crippen LogP contribution in [0.25, 0.3) is 0 Å². The number of aromatic nitrogens is 2. The van der Waals surface area contributed by atoms with E-state index in [2.05, 4.69) is 5.10 Å². The van der Waals surface area contributed by atoms with Crippen LogP contribution in [-0.4, -0.2) is 47.4 Å². The van der Waals surface area contributed by atoms with E-state index in [1.165, 1.54) is 0 Å². The molecule has 1 aromatic rings. The average Bonchev–Trinajstić information content (AvgIpc) is 2.69. The summed E-state index contributed by atoms with van der Waals surface area (Å²) < 4.78 is 6.71. The van der Waals surface area contributed by atoms with E-state index in [0.717, 1.165) is 32.5 Å². The first-order chi connectivity index (χ1) is 8.61. The number of anilines is 1. The molecule has 1 saturated heterocycles. The summed E-state index contributed by atoms with van der Waals surface area (Å²) in [7, 11) is 3.48. The Kier molecular flexibility index (Phi) is 3.86. The number of hydrogen-bond donors (Lipinski definition) is 1. The van der Waals surface area contributed by atoms with Gasteiger partial charge in [-0.15, -0.1) is 0 Å². The SMILES string of the molecule is COCC1CCN(C(=O)c2nn(C)cc2N)CC1. The molecule has 0 unspecified atom stereocenters. The van der Waals surface area contributed by atoms with Crippen molar-refractivity contribution in [1.82, 2.24) is 14.7 Å². The van der Waals surface area contributed by atoms with Crippen molar-refractivity contribution in [3.8, 4) is 0 Å². The highest BCUT2D eigenvalue weighted by atomic mass is 16.5. The number of methoxy groups -OCH3 is 1. The van der Waals surface area contributed by atoms with Crippen molar-refractivity contribution in [3.05, 3.63) is 11.9 Å². The summed E-state index contributed by atoms with van der Waals surface area (Å²) in [5, 5.41) is 4.12. The van der Waals surface area contributed by atoms with Crippen LogP contribution in [0.5, 0.6) is 0 Å². The van der Waals surface area contributed by atoms with Gasteiger partial charge >= 0.3 is 0 Å². The Morgan fingerprint density at radius 3 is 2.72 bits per heavy atom. The largest absolute Gasteiger partial charge is 0.396 e. The molecule has 1 fully saturated rings. The van der Waals surface area contributed by atoms with E-state index in [9.17, 15) is 4.79 Å². The van der Waals surface area contributed by atoms with E-state index in [0.29, 0.717) is 17.3 Å². The van der Waals surface area contributed by atoms with Gasteiger partial charge in [-0.2, -0.15) is 5.10 Å². The predicted octanol–water partition coefficient (Wildman–Crippen LogP) is 0.501. The number of rotatable bonds is 3. The first kappa shape index (κ1) is 12.9. The molecule has 0 bridgehead atoms. The van der Waals surface area contributed by atoms with Gasteiger partial charge in [0.05, 0.1) is 5.69 Å². The van der Waals surface area contributed by atoms with Gasteiger partial charge in [-0.05, 0) is 18.8 Å². The molecule has 100 valence electrons. The number of carbonyl (C=O) groups excluding carboxylic acids is 1. The number of ether oxygens (including phenoxy) is 1. The number of likely N-dealkylation sites (tertiary alicyclic amines) is 1. The minimum Gasteiger partial charge on any atom is -0.396 e. The molecule has 6 nitrogen and oxygen atoms in total. The average molecular weight is 252 g/mol. The van der Waals surface area contributed by atoms with Gasteiger partial charge in [-0.3, -0.25) is 9.48 Å². The quantitative estimate of drug-likeness (QED) is 0.850. The number of carbonyl (C=O) groups is 1. The zero-order valence-corrected chi connectivity index (χ0v) is 10.9. The Morgan fingerprint density at radius 2 is 2.22 bits per heavy atom. The second-order valence-electron chi connectivity index (χ2n) is 4.80. The number of aryl methyl sites for hydroxylation is 1. The number of piperidine rings is 1. The maximum absolute atomic E-state index is 12.2. The Bertz CT molecular complexity index is 422. The number of hydrogen-bond acceptors (Lipinski definition) is 4. The van der Waals surface area contributed by atoms with E-state index in [1.807, 2.05) is 4.90 Å². The molecule has 0 spiro atoms. The van der Waals surface area contributed by atoms with Gasteiger partial charge in [-0.25, -0.2) is 0 Å². The lowest BCUT2D eigenvalue weighted by atomic mass is 9.97. The molecule has 0 radical (unpaired) electrons. The van der Waals surface area contributed by atoms with Crippen LogP contribution in [0, 0.1) is 5.92 Å². The Labute approximate surface area is 107 Å². The second-order valence-corrected chi connectivity index (χ2v) is 4.80. The van der Waals surface area contributed by atoms with E-state index < -0.39 is 0 Å². The predicted molar refractivity (Wildman–Crippen MR) is 68.1 cm³/mol. The Morgan fingerprint density at radius 1 is 1.56 bits per heavy atom. The summed E-state index contributed by atoms with van der Waals surface area (Å²) in [6.07, 6.45) is 3.61. The zero-order chi connectivity index (χ0) is 13.1. The zero-order valence-electron chi connectivity index (χ0n) is 10.9. The van der Waals surface area contributed by atoms with E-state index in [-0.39, 0.29) is 5.91 Å². The monoisotopic (exact) mass is 252 g/mol. The van der Waals surface area contributed by atoms with Crippen LogP contribution >= 0.6 is 0 Å². The van der Waals surface area contributed by atoms with E-state index in [1.54, 1.807) is 25.0 Å². The molecule has 18 heavy (non-hydrogen) atoms. The van der Waals surface area contributed by atoms with Gasteiger partial charge in [-0.1, -0.05) is 0 Å². The van der Waals surface area contributed by atoms with Crippen LogP contribution in [-0.2, 0) is 11.8 Å². The third kappa shape index (κ3) is 2.64. The molecule has 0 aromatic carbocycles. The lowest BCUT2D eigenvalue weighted by molar-refractivity contribution is 0.0608. The molecular formula is C12H20N4O2. The van der Waals surface area contributed by atoms with Crippen LogP contribution < -0.4 is 5.73 Å². The molecule has 1 aliphatic rings. The molecule has 1 aromatic heterocycles. The first-order valence-corrected chi connectivity index (χ1v) is 6.19. The van der Waals surface area contributed by atoms with Gasteiger partial charge in [0.2, 0.25) is 0 Å². The number of amides is 1. The van der Waals surface area contributed by atoms with Crippen molar-refractivity contribution in [2.45, 2.75) is 12.8 Å². The van der Waals surface area contributed by atoms with Crippen molar-refractivity contribution in [2.75, 3.05) is 32.5 Å². The smallest absolute Gasteiger partial charge is 0.276 e. The van der Waals surface area contributed by atoms with Gasteiger partial charge in [0.15, 0.2) is 5.69 Å². The van der Waals surface area contributed by atoms with Crippen molar-refractivity contribution in [1.29, 1.82) is 0 Å². The third-order valence-corrected chi connectivity index (χ3v) is 3.36. The highest BCUT2D eigenvalue weighted by Gasteiger charge is 2.26. The summed E-state index contributed by atoms with van der Waals surface area (Å²) in [4.78, 5) is 14.1. The Hall–Kier alpha value is -1.56. The molecule has 1 aliphatic heterocycles. The minimum absolute atomic E-state index is 0.0658. The normalized spacial score (nSPS) is 17.1. The van der Waals surface area contributed by atoms with Gasteiger partial charge in [0, 0.05) is 40.1 Å². The Balaban J connectivity index is 1.97. The lowest BCUT2D eigenvalue weighted by Crippen LogP contribution is -2.39. The van der Waals surface area contributed by atoms with Crippen molar-refractivity contribution < 1.29 is 9.53 Å². The molecule has 0 saturated carbocycles. The maximum atomic E-state index is 12.2. The molecular weight excluding hydrogens is 232 g/mol. The lowest BCUT2D eigenvalue weighted by Gasteiger charge is -2.31. The molecule has 2 heterocycles. The highest BCUT2D eigenvalue weighted by Crippen LogP contribution is 2.20. The third-order valence-electron chi connectivity index (χ3n) is 3.36. The number of nitrogens with two attached hydrogens (primary N) is 1. The number of nitrogen functional groups attached to an aromatic ring is 1. The van der Waals surface area contributed by atoms with Crippen LogP contribution in [0.4, 0.5) is 5.69 Å². The maximum Gasteiger partial charge on any atom is 0.276 e. The molecule has 2 rings (SSSR count). The molecule has 0 aliphatic carbocycles. The van der Waals surface area contributed by atoms with Gasteiger partial charge < -0.3 is 15.4 Å². The molecule has 2 N–H and O–H groups in total. The molecule has 1 amide bonds. The summed E-state index contributed by atoms with van der Waals surface area (Å²) in [5.41, 5.74) is 6.58. The van der Waals surface area contributed by atoms with Crippen LogP contribution in [0.2, 0.25) is 0 Å². The summed E-state index contributed by atoms with van der Waals surface area (Å²) in [6.45, 7) is 2.28. The number of nitrogens with zero attached hydrogens (tertiary/aromatic N) is 3. The molecule has 0 atom stereocenters. The summed E-state index contributed by atoms with van der Waals surface area (Å²) >= 11 is 0. The van der Waals surface area contributed by atoms with E-state index in [4.69, 9.17) is 10.5 Å².